The fraction of sp³-hybridized carbons (Fsp3) is 0.185. The molecule has 2 aliphatic heterocycles. The van der Waals surface area contributed by atoms with E-state index in [-0.39, 0.29) is 5.71 Å². The van der Waals surface area contributed by atoms with Crippen molar-refractivity contribution in [2.75, 3.05) is 21.8 Å². The highest BCUT2D eigenvalue weighted by molar-refractivity contribution is 6.51. The summed E-state index contributed by atoms with van der Waals surface area (Å²) in [6.45, 7) is 4.34. The summed E-state index contributed by atoms with van der Waals surface area (Å²) in [5.74, 6) is -1.83. The lowest BCUT2D eigenvalue weighted by Gasteiger charge is -2.22. The van der Waals surface area contributed by atoms with Crippen molar-refractivity contribution < 1.29 is 19.1 Å². The second-order valence-electron chi connectivity index (χ2n) is 8.35. The van der Waals surface area contributed by atoms with Crippen LogP contribution in [0.4, 0.5) is 17.1 Å². The normalized spacial score (nSPS) is 19.0. The molecule has 0 radical (unpaired) electrons. The van der Waals surface area contributed by atoms with Crippen molar-refractivity contribution in [3.05, 3.63) is 84.4 Å². The lowest BCUT2D eigenvalue weighted by Crippen LogP contribution is -2.39. The average molecular weight is 469 g/mol. The molecule has 8 heteroatoms. The van der Waals surface area contributed by atoms with E-state index in [2.05, 4.69) is 10.4 Å². The van der Waals surface area contributed by atoms with Gasteiger partial charge >= 0.3 is 0 Å². The number of carbonyl (C=O) groups is 3. The van der Waals surface area contributed by atoms with Crippen LogP contribution < -0.4 is 20.0 Å². The maximum Gasteiger partial charge on any atom is 0.272 e. The predicted molar refractivity (Wildman–Crippen MR) is 134 cm³/mol. The predicted octanol–water partition coefficient (Wildman–Crippen LogP) is 3.77. The second-order valence-corrected chi connectivity index (χ2v) is 8.35. The van der Waals surface area contributed by atoms with E-state index in [1.807, 2.05) is 44.2 Å². The van der Waals surface area contributed by atoms with Gasteiger partial charge in [0.05, 0.1) is 18.0 Å². The van der Waals surface area contributed by atoms with Gasteiger partial charge in [0.1, 0.15) is 23.4 Å². The molecule has 176 valence electrons. The zero-order valence-corrected chi connectivity index (χ0v) is 19.3. The number of hydrogen-bond acceptors (Lipinski definition) is 6. The van der Waals surface area contributed by atoms with Crippen molar-refractivity contribution in [2.24, 2.45) is 11.0 Å². The van der Waals surface area contributed by atoms with Crippen molar-refractivity contribution in [3.63, 3.8) is 0 Å². The van der Waals surface area contributed by atoms with Crippen LogP contribution >= 0.6 is 0 Å². The Bertz CT molecular complexity index is 1300. The molecule has 0 aromatic heterocycles. The maximum absolute atomic E-state index is 13.6. The first-order valence-electron chi connectivity index (χ1n) is 11.4. The Kier molecular flexibility index (Phi) is 5.78. The second kappa shape index (κ2) is 9.06. The highest BCUT2D eigenvalue weighted by atomic mass is 16.5. The topological polar surface area (TPSA) is 91.3 Å². The van der Waals surface area contributed by atoms with E-state index in [0.29, 0.717) is 29.4 Å². The minimum atomic E-state index is -1.03. The molecule has 1 saturated heterocycles. The Balaban J connectivity index is 1.52. The van der Waals surface area contributed by atoms with Gasteiger partial charge in [-0.2, -0.15) is 5.10 Å². The van der Waals surface area contributed by atoms with Crippen molar-refractivity contribution in [1.82, 2.24) is 0 Å². The Morgan fingerprint density at radius 1 is 0.914 bits per heavy atom. The maximum atomic E-state index is 13.6. The number of hydrogen-bond donors (Lipinski definition) is 1. The van der Waals surface area contributed by atoms with Crippen LogP contribution in [0, 0.1) is 12.8 Å². The van der Waals surface area contributed by atoms with E-state index < -0.39 is 29.7 Å². The number of imide groups is 1. The number of amides is 3. The fourth-order valence-electron chi connectivity index (χ4n) is 4.34. The average Bonchev–Trinajstić information content (AvgIpc) is 3.38. The summed E-state index contributed by atoms with van der Waals surface area (Å²) in [5.41, 5.74) is 2.67. The number of anilines is 3. The number of para-hydroxylation sites is 1. The summed E-state index contributed by atoms with van der Waals surface area (Å²) >= 11 is 0. The molecule has 0 aliphatic carbocycles. The third kappa shape index (κ3) is 4.03. The molecular weight excluding hydrogens is 444 g/mol. The van der Waals surface area contributed by atoms with E-state index in [1.54, 1.807) is 48.5 Å². The summed E-state index contributed by atoms with van der Waals surface area (Å²) in [6.07, 6.45) is 0. The SMILES string of the molecule is CCOc1ccc(N2C(=O)[C@H]3C(C(=O)Nc4ccccc4)=NN(c4ccc(C)cc4)[C@@H]3C2=O)cc1. The third-order valence-corrected chi connectivity index (χ3v) is 6.02. The number of benzene rings is 3. The van der Waals surface area contributed by atoms with Gasteiger partial charge in [-0.3, -0.25) is 19.4 Å². The third-order valence-electron chi connectivity index (χ3n) is 6.02. The first kappa shape index (κ1) is 22.3. The van der Waals surface area contributed by atoms with Crippen molar-refractivity contribution in [2.45, 2.75) is 19.9 Å². The van der Waals surface area contributed by atoms with Gasteiger partial charge in [-0.15, -0.1) is 0 Å². The highest BCUT2D eigenvalue weighted by Gasteiger charge is 2.58. The summed E-state index contributed by atoms with van der Waals surface area (Å²) in [7, 11) is 0. The van der Waals surface area contributed by atoms with Gasteiger partial charge in [0.15, 0.2) is 0 Å². The van der Waals surface area contributed by atoms with Gasteiger partial charge in [-0.1, -0.05) is 35.9 Å². The van der Waals surface area contributed by atoms with Crippen LogP contribution in [0.25, 0.3) is 0 Å². The van der Waals surface area contributed by atoms with Gasteiger partial charge in [0.2, 0.25) is 5.91 Å². The number of fused-ring (bicyclic) bond motifs is 1. The molecule has 35 heavy (non-hydrogen) atoms. The van der Waals surface area contributed by atoms with Crippen LogP contribution in [-0.2, 0) is 14.4 Å². The molecule has 0 bridgehead atoms. The molecular formula is C27H24N4O4. The molecule has 1 N–H and O–H groups in total. The zero-order valence-electron chi connectivity index (χ0n) is 19.3. The highest BCUT2D eigenvalue weighted by Crippen LogP contribution is 2.38. The molecule has 3 aromatic rings. The van der Waals surface area contributed by atoms with Crippen molar-refractivity contribution in [1.29, 1.82) is 0 Å². The smallest absolute Gasteiger partial charge is 0.272 e. The lowest BCUT2D eigenvalue weighted by molar-refractivity contribution is -0.122. The summed E-state index contributed by atoms with van der Waals surface area (Å²) in [4.78, 5) is 41.6. The van der Waals surface area contributed by atoms with E-state index in [0.717, 1.165) is 10.5 Å². The molecule has 1 fully saturated rings. The van der Waals surface area contributed by atoms with Crippen LogP contribution in [-0.4, -0.2) is 36.1 Å². The number of nitrogens with zero attached hydrogens (tertiary/aromatic N) is 3. The molecule has 8 nitrogen and oxygen atoms in total. The largest absolute Gasteiger partial charge is 0.494 e. The lowest BCUT2D eigenvalue weighted by atomic mass is 9.97. The molecule has 3 amide bonds. The van der Waals surface area contributed by atoms with Gasteiger partial charge in [-0.05, 0) is 62.4 Å². The van der Waals surface area contributed by atoms with Crippen LogP contribution in [0.1, 0.15) is 12.5 Å². The summed E-state index contributed by atoms with van der Waals surface area (Å²) in [6, 6.07) is 22.2. The van der Waals surface area contributed by atoms with Gasteiger partial charge in [-0.25, -0.2) is 4.90 Å². The summed E-state index contributed by atoms with van der Waals surface area (Å²) < 4.78 is 5.47. The quantitative estimate of drug-likeness (QED) is 0.556. The summed E-state index contributed by atoms with van der Waals surface area (Å²) in [5, 5.41) is 8.76. The van der Waals surface area contributed by atoms with E-state index in [1.165, 1.54) is 5.01 Å². The van der Waals surface area contributed by atoms with Gasteiger partial charge in [0, 0.05) is 5.69 Å². The first-order chi connectivity index (χ1) is 17.0. The first-order valence-corrected chi connectivity index (χ1v) is 11.4. The minimum Gasteiger partial charge on any atom is -0.494 e. The number of nitrogens with one attached hydrogen (secondary N) is 1. The van der Waals surface area contributed by atoms with Gasteiger partial charge in [0.25, 0.3) is 11.8 Å². The van der Waals surface area contributed by atoms with Crippen LogP contribution in [0.5, 0.6) is 5.75 Å². The molecule has 0 saturated carbocycles. The number of hydrazone groups is 1. The van der Waals surface area contributed by atoms with Crippen LogP contribution in [0.2, 0.25) is 0 Å². The molecule has 5 rings (SSSR count). The number of ether oxygens (including phenoxy) is 1. The number of aryl methyl sites for hydroxylation is 1. The molecule has 2 heterocycles. The molecule has 2 aliphatic rings. The Morgan fingerprint density at radius 2 is 1.57 bits per heavy atom. The Morgan fingerprint density at radius 3 is 2.23 bits per heavy atom. The zero-order chi connectivity index (χ0) is 24.5. The number of rotatable bonds is 6. The monoisotopic (exact) mass is 468 g/mol. The van der Waals surface area contributed by atoms with E-state index >= 15 is 0 Å². The Hall–Kier alpha value is -4.46. The molecule has 0 unspecified atom stereocenters. The Labute approximate surface area is 202 Å². The van der Waals surface area contributed by atoms with Crippen molar-refractivity contribution >= 4 is 40.5 Å². The van der Waals surface area contributed by atoms with Crippen LogP contribution in [0.3, 0.4) is 0 Å². The molecule has 0 spiro atoms. The standard InChI is InChI=1S/C27H24N4O4/c1-3-35-21-15-13-19(14-16-21)30-26(33)22-23(25(32)28-18-7-5-4-6-8-18)29-31(24(22)27(30)34)20-11-9-17(2)10-12-20/h4-16,22,24H,3H2,1-2H3,(H,28,32)/t22-,24-/m0/s1. The fourth-order valence-corrected chi connectivity index (χ4v) is 4.34. The molecule has 3 aromatic carbocycles. The van der Waals surface area contributed by atoms with E-state index in [9.17, 15) is 14.4 Å². The van der Waals surface area contributed by atoms with Gasteiger partial charge < -0.3 is 10.1 Å². The van der Waals surface area contributed by atoms with Crippen LogP contribution in [0.15, 0.2) is 84.0 Å². The minimum absolute atomic E-state index is 0.00575. The van der Waals surface area contributed by atoms with Crippen molar-refractivity contribution in [3.8, 4) is 5.75 Å². The molecule has 2 atom stereocenters. The van der Waals surface area contributed by atoms with E-state index in [4.69, 9.17) is 4.74 Å². The number of carbonyl (C=O) groups excluding carboxylic acids is 3.